The van der Waals surface area contributed by atoms with Crippen LogP contribution in [0.25, 0.3) is 11.0 Å². The summed E-state index contributed by atoms with van der Waals surface area (Å²) in [7, 11) is 0. The van der Waals surface area contributed by atoms with Gasteiger partial charge in [-0.3, -0.25) is 0 Å². The molecule has 1 heterocycles. The molecule has 0 bridgehead atoms. The minimum absolute atomic E-state index is 0.0292. The molecule has 3 aromatic rings. The molecule has 1 unspecified atom stereocenters. The van der Waals surface area contributed by atoms with Gasteiger partial charge in [-0.1, -0.05) is 36.0 Å². The highest BCUT2D eigenvalue weighted by Gasteiger charge is 2.35. The molecule has 3 rings (SSSR count). The van der Waals surface area contributed by atoms with Gasteiger partial charge in [-0.15, -0.1) is 0 Å². The molecule has 0 aliphatic heterocycles. The Morgan fingerprint density at radius 1 is 1.09 bits per heavy atom. The summed E-state index contributed by atoms with van der Waals surface area (Å²) in [4.78, 5) is 0.875. The quantitative estimate of drug-likeness (QED) is 0.392. The fourth-order valence-electron chi connectivity index (χ4n) is 2.83. The van der Waals surface area contributed by atoms with Crippen molar-refractivity contribution in [2.75, 3.05) is 0 Å². The Hall–Kier alpha value is -2.91. The number of fused-ring (bicyclic) bond motifs is 1. The molecule has 0 spiro atoms. The molecule has 0 aliphatic carbocycles. The third-order valence-corrected chi connectivity index (χ3v) is 4.92. The number of aromatic nitrogens is 3. The SMILES string of the molecule is CC(C#N)(Cn1nc2cc(Cl)cc(C(F)(F)F)c2n1)NC(=S)c1ccc(C(F)(F)F)cc1. The van der Waals surface area contributed by atoms with E-state index in [1.54, 1.807) is 0 Å². The molecule has 168 valence electrons. The van der Waals surface area contributed by atoms with Gasteiger partial charge in [0.15, 0.2) is 0 Å². The summed E-state index contributed by atoms with van der Waals surface area (Å²) in [6, 6.07) is 7.85. The second kappa shape index (κ2) is 8.22. The van der Waals surface area contributed by atoms with Crippen molar-refractivity contribution >= 4 is 39.8 Å². The molecule has 1 aromatic heterocycles. The summed E-state index contributed by atoms with van der Waals surface area (Å²) >= 11 is 10.9. The maximum atomic E-state index is 13.3. The number of rotatable bonds is 4. The first-order valence-corrected chi connectivity index (χ1v) is 9.53. The zero-order chi connectivity index (χ0) is 23.9. The topological polar surface area (TPSA) is 66.5 Å². The largest absolute Gasteiger partial charge is 0.418 e. The minimum atomic E-state index is -4.72. The van der Waals surface area contributed by atoms with E-state index in [1.165, 1.54) is 13.0 Å². The summed E-state index contributed by atoms with van der Waals surface area (Å²) < 4.78 is 78.0. The lowest BCUT2D eigenvalue weighted by molar-refractivity contribution is -0.138. The van der Waals surface area contributed by atoms with Crippen LogP contribution in [0.5, 0.6) is 0 Å². The highest BCUT2D eigenvalue weighted by Crippen LogP contribution is 2.35. The Bertz CT molecular complexity index is 1210. The summed E-state index contributed by atoms with van der Waals surface area (Å²) in [6.45, 7) is 1.09. The number of thiocarbonyl (C=S) groups is 1. The Morgan fingerprint density at radius 2 is 1.72 bits per heavy atom. The van der Waals surface area contributed by atoms with Gasteiger partial charge in [-0.2, -0.15) is 46.6 Å². The molecule has 0 aliphatic rings. The van der Waals surface area contributed by atoms with Gasteiger partial charge < -0.3 is 5.32 Å². The number of hydrogen-bond donors (Lipinski definition) is 1. The molecule has 13 heteroatoms. The van der Waals surface area contributed by atoms with Crippen LogP contribution in [0.2, 0.25) is 5.02 Å². The average Bonchev–Trinajstić information content (AvgIpc) is 3.07. The zero-order valence-electron chi connectivity index (χ0n) is 16.0. The smallest absolute Gasteiger partial charge is 0.357 e. The third-order valence-electron chi connectivity index (χ3n) is 4.37. The highest BCUT2D eigenvalue weighted by molar-refractivity contribution is 7.80. The van der Waals surface area contributed by atoms with Crippen molar-refractivity contribution < 1.29 is 26.3 Å². The highest BCUT2D eigenvalue weighted by atomic mass is 35.5. The number of nitriles is 1. The van der Waals surface area contributed by atoms with Gasteiger partial charge in [-0.25, -0.2) is 0 Å². The molecule has 1 atom stereocenters. The Labute approximate surface area is 187 Å². The molecule has 0 fully saturated rings. The van der Waals surface area contributed by atoms with Crippen LogP contribution < -0.4 is 5.32 Å². The Kier molecular flexibility index (Phi) is 6.10. The van der Waals surface area contributed by atoms with Crippen LogP contribution in [0.15, 0.2) is 36.4 Å². The predicted molar refractivity (Wildman–Crippen MR) is 108 cm³/mol. The van der Waals surface area contributed by atoms with E-state index in [1.807, 2.05) is 6.07 Å². The first kappa shape index (κ1) is 23.7. The maximum absolute atomic E-state index is 13.3. The fourth-order valence-corrected chi connectivity index (χ4v) is 3.41. The molecular weight excluding hydrogens is 480 g/mol. The molecular formula is C19H12ClF6N5S. The van der Waals surface area contributed by atoms with Crippen LogP contribution in [0, 0.1) is 11.3 Å². The van der Waals surface area contributed by atoms with Crippen molar-refractivity contribution in [3.63, 3.8) is 0 Å². The Morgan fingerprint density at radius 3 is 2.25 bits per heavy atom. The van der Waals surface area contributed by atoms with Crippen LogP contribution in [-0.2, 0) is 18.9 Å². The number of nitrogens with one attached hydrogen (secondary N) is 1. The predicted octanol–water partition coefficient (Wildman–Crippen LogP) is 5.37. The zero-order valence-corrected chi connectivity index (χ0v) is 17.6. The molecule has 0 amide bonds. The van der Waals surface area contributed by atoms with Gasteiger partial charge in [0.05, 0.1) is 23.7 Å². The van der Waals surface area contributed by atoms with E-state index in [-0.39, 0.29) is 27.6 Å². The summed E-state index contributed by atoms with van der Waals surface area (Å²) in [5.41, 5.74) is -3.75. The molecule has 2 aromatic carbocycles. The van der Waals surface area contributed by atoms with Gasteiger partial charge in [0.25, 0.3) is 0 Å². The first-order valence-electron chi connectivity index (χ1n) is 8.74. The lowest BCUT2D eigenvalue weighted by Crippen LogP contribution is -2.48. The maximum Gasteiger partial charge on any atom is 0.418 e. The average molecular weight is 492 g/mol. The van der Waals surface area contributed by atoms with Crippen LogP contribution in [-0.4, -0.2) is 25.5 Å². The van der Waals surface area contributed by atoms with Crippen molar-refractivity contribution in [3.05, 3.63) is 58.1 Å². The lowest BCUT2D eigenvalue weighted by atomic mass is 10.0. The van der Waals surface area contributed by atoms with Crippen molar-refractivity contribution in [1.29, 1.82) is 5.26 Å². The second-order valence-electron chi connectivity index (χ2n) is 7.02. The van der Waals surface area contributed by atoms with E-state index in [0.717, 1.165) is 35.1 Å². The van der Waals surface area contributed by atoms with Crippen LogP contribution in [0.3, 0.4) is 0 Å². The molecule has 1 N–H and O–H groups in total. The third kappa shape index (κ3) is 5.11. The fraction of sp³-hybridized carbons (Fsp3) is 0.263. The van der Waals surface area contributed by atoms with Crippen LogP contribution >= 0.6 is 23.8 Å². The van der Waals surface area contributed by atoms with Gasteiger partial charge in [0.2, 0.25) is 0 Å². The van der Waals surface area contributed by atoms with E-state index in [0.29, 0.717) is 0 Å². The number of benzene rings is 2. The molecule has 0 saturated heterocycles. The molecule has 5 nitrogen and oxygen atoms in total. The number of alkyl halides is 6. The van der Waals surface area contributed by atoms with E-state index in [4.69, 9.17) is 23.8 Å². The normalized spacial score (nSPS) is 14.1. The van der Waals surface area contributed by atoms with Gasteiger partial charge in [0.1, 0.15) is 21.6 Å². The standard InChI is InChI=1S/C19H12ClF6N5S/c1-17(8-27,28-16(32)10-2-4-11(5-3-10)18(21,22)23)9-31-29-14-7-12(20)6-13(15(14)30-31)19(24,25)26/h2-7H,9H2,1H3,(H,28,32). The van der Waals surface area contributed by atoms with Crippen molar-refractivity contribution in [3.8, 4) is 6.07 Å². The number of halogens is 7. The Balaban J connectivity index is 1.86. The van der Waals surface area contributed by atoms with Crippen molar-refractivity contribution in [2.45, 2.75) is 31.4 Å². The number of nitrogens with zero attached hydrogens (tertiary/aromatic N) is 4. The van der Waals surface area contributed by atoms with Crippen molar-refractivity contribution in [2.24, 2.45) is 0 Å². The van der Waals surface area contributed by atoms with Gasteiger partial charge >= 0.3 is 12.4 Å². The van der Waals surface area contributed by atoms with E-state index >= 15 is 0 Å². The van der Waals surface area contributed by atoms with Crippen LogP contribution in [0.1, 0.15) is 23.6 Å². The van der Waals surface area contributed by atoms with Crippen LogP contribution in [0.4, 0.5) is 26.3 Å². The van der Waals surface area contributed by atoms with E-state index in [2.05, 4.69) is 15.5 Å². The second-order valence-corrected chi connectivity index (χ2v) is 7.87. The summed E-state index contributed by atoms with van der Waals surface area (Å²) in [5.74, 6) is 0. The molecule has 0 saturated carbocycles. The molecule has 0 radical (unpaired) electrons. The summed E-state index contributed by atoms with van der Waals surface area (Å²) in [6.07, 6.45) is -9.23. The minimum Gasteiger partial charge on any atom is -0.357 e. The monoisotopic (exact) mass is 491 g/mol. The lowest BCUT2D eigenvalue weighted by Gasteiger charge is -2.24. The van der Waals surface area contributed by atoms with Gasteiger partial charge in [-0.05, 0) is 31.2 Å². The van der Waals surface area contributed by atoms with E-state index < -0.39 is 34.5 Å². The first-order chi connectivity index (χ1) is 14.7. The van der Waals surface area contributed by atoms with E-state index in [9.17, 15) is 31.6 Å². The molecule has 32 heavy (non-hydrogen) atoms. The van der Waals surface area contributed by atoms with Crippen molar-refractivity contribution in [1.82, 2.24) is 20.3 Å². The summed E-state index contributed by atoms with van der Waals surface area (Å²) in [5, 5.41) is 19.9. The number of hydrogen-bond acceptors (Lipinski definition) is 4. The van der Waals surface area contributed by atoms with Gasteiger partial charge in [0, 0.05) is 10.6 Å².